The van der Waals surface area contributed by atoms with E-state index in [-0.39, 0.29) is 32.9 Å². The average Bonchev–Trinajstić information content (AvgIpc) is 2.79. The van der Waals surface area contributed by atoms with Crippen LogP contribution in [0.1, 0.15) is 15.9 Å². The van der Waals surface area contributed by atoms with Crippen LogP contribution >= 0.6 is 11.6 Å². The van der Waals surface area contributed by atoms with Crippen molar-refractivity contribution in [1.29, 1.82) is 5.26 Å². The van der Waals surface area contributed by atoms with Crippen molar-refractivity contribution in [3.05, 3.63) is 92.4 Å². The van der Waals surface area contributed by atoms with E-state index in [0.29, 0.717) is 5.56 Å². The molecule has 0 atom stereocenters. The average molecular weight is 482 g/mol. The molecule has 9 heteroatoms. The van der Waals surface area contributed by atoms with Crippen LogP contribution in [-0.2, 0) is 0 Å². The maximum atomic E-state index is 15.5. The molecule has 0 spiro atoms. The lowest BCUT2D eigenvalue weighted by Crippen LogP contribution is -2.22. The molecule has 0 saturated heterocycles. The van der Waals surface area contributed by atoms with Gasteiger partial charge in [0.05, 0.1) is 39.4 Å². The van der Waals surface area contributed by atoms with Gasteiger partial charge in [0.15, 0.2) is 5.43 Å². The molecule has 1 heterocycles. The summed E-state index contributed by atoms with van der Waals surface area (Å²) >= 11 is 6.19. The number of aromatic nitrogens is 1. The molecule has 34 heavy (non-hydrogen) atoms. The first-order chi connectivity index (χ1) is 16.1. The van der Waals surface area contributed by atoms with E-state index < -0.39 is 39.7 Å². The van der Waals surface area contributed by atoms with Gasteiger partial charge in [-0.1, -0.05) is 17.7 Å². The van der Waals surface area contributed by atoms with Crippen LogP contribution in [0.15, 0.2) is 53.3 Å². The molecule has 0 radical (unpaired) electrons. The van der Waals surface area contributed by atoms with E-state index in [9.17, 15) is 14.0 Å². The summed E-state index contributed by atoms with van der Waals surface area (Å²) in [6, 6.07) is 11.5. The summed E-state index contributed by atoms with van der Waals surface area (Å²) in [4.78, 5) is 29.0. The molecular formula is C25H15ClF3N3O2. The lowest BCUT2D eigenvalue weighted by Gasteiger charge is -2.14. The molecular weight excluding hydrogens is 467 g/mol. The second-order valence-corrected chi connectivity index (χ2v) is 8.13. The van der Waals surface area contributed by atoms with E-state index in [1.165, 1.54) is 32.3 Å². The first-order valence-corrected chi connectivity index (χ1v) is 10.3. The Balaban J connectivity index is 1.94. The van der Waals surface area contributed by atoms with Crippen molar-refractivity contribution in [2.24, 2.45) is 0 Å². The zero-order chi connectivity index (χ0) is 24.7. The quantitative estimate of drug-likeness (QED) is 0.419. The monoisotopic (exact) mass is 481 g/mol. The van der Waals surface area contributed by atoms with Gasteiger partial charge in [0, 0.05) is 30.7 Å². The highest BCUT2D eigenvalue weighted by molar-refractivity contribution is 6.33. The van der Waals surface area contributed by atoms with Gasteiger partial charge in [-0.3, -0.25) is 9.59 Å². The standard InChI is InChI=1S/C25H15ClF3N3O2/c1-32(2)25(34)15-8-13(4-6-17(15)27)22-18(28)9-20-23(24(22)29)21(33)10-19(31-20)14-7-12(11-30)3-5-16(14)26/h3-10H,1-2H3,(H,31,33). The minimum absolute atomic E-state index is 0.100. The number of carbonyl (C=O) groups is 1. The Kier molecular flexibility index (Phi) is 5.90. The molecule has 170 valence electrons. The largest absolute Gasteiger partial charge is 0.354 e. The Morgan fingerprint density at radius 3 is 2.44 bits per heavy atom. The van der Waals surface area contributed by atoms with Crippen LogP contribution in [0, 0.1) is 28.8 Å². The van der Waals surface area contributed by atoms with E-state index in [2.05, 4.69) is 4.98 Å². The van der Waals surface area contributed by atoms with Crippen molar-refractivity contribution in [3.63, 3.8) is 0 Å². The molecule has 3 aromatic carbocycles. The number of amides is 1. The number of aromatic amines is 1. The summed E-state index contributed by atoms with van der Waals surface area (Å²) in [7, 11) is 2.84. The van der Waals surface area contributed by atoms with Gasteiger partial charge in [-0.25, -0.2) is 13.2 Å². The van der Waals surface area contributed by atoms with Gasteiger partial charge < -0.3 is 9.88 Å². The predicted octanol–water partition coefficient (Wildman–Crippen LogP) is 5.51. The van der Waals surface area contributed by atoms with Crippen molar-refractivity contribution in [3.8, 4) is 28.5 Å². The van der Waals surface area contributed by atoms with E-state index >= 15 is 8.78 Å². The number of benzene rings is 3. The molecule has 1 amide bonds. The Hall–Kier alpha value is -4.09. The van der Waals surface area contributed by atoms with Gasteiger partial charge in [0.1, 0.15) is 17.5 Å². The SMILES string of the molecule is CN(C)C(=O)c1cc(-c2c(F)cc3[nH]c(-c4cc(C#N)ccc4Cl)cc(=O)c3c2F)ccc1F. The van der Waals surface area contributed by atoms with E-state index in [4.69, 9.17) is 16.9 Å². The molecule has 4 rings (SSSR count). The van der Waals surface area contributed by atoms with Gasteiger partial charge >= 0.3 is 0 Å². The molecule has 0 aliphatic carbocycles. The molecule has 1 aromatic heterocycles. The Morgan fingerprint density at radius 1 is 1.03 bits per heavy atom. The maximum absolute atomic E-state index is 15.5. The van der Waals surface area contributed by atoms with Gasteiger partial charge in [-0.05, 0) is 42.0 Å². The minimum atomic E-state index is -1.16. The smallest absolute Gasteiger partial charge is 0.256 e. The molecule has 1 N–H and O–H groups in total. The molecule has 0 aliphatic heterocycles. The summed E-state index contributed by atoms with van der Waals surface area (Å²) in [5, 5.41) is 8.94. The maximum Gasteiger partial charge on any atom is 0.256 e. The predicted molar refractivity (Wildman–Crippen MR) is 123 cm³/mol. The summed E-state index contributed by atoms with van der Waals surface area (Å²) in [5.41, 5.74) is -1.15. The number of rotatable bonds is 3. The van der Waals surface area contributed by atoms with Crippen LogP contribution < -0.4 is 5.43 Å². The number of nitrogens with zero attached hydrogens (tertiary/aromatic N) is 2. The summed E-state index contributed by atoms with van der Waals surface area (Å²) in [6.07, 6.45) is 0. The number of pyridine rings is 1. The topological polar surface area (TPSA) is 77.0 Å². The number of nitrogens with one attached hydrogen (secondary N) is 1. The van der Waals surface area contributed by atoms with Crippen LogP contribution in [-0.4, -0.2) is 29.9 Å². The van der Waals surface area contributed by atoms with Crippen molar-refractivity contribution < 1.29 is 18.0 Å². The number of carbonyl (C=O) groups excluding carboxylic acids is 1. The minimum Gasteiger partial charge on any atom is -0.354 e. The van der Waals surface area contributed by atoms with E-state index in [1.807, 2.05) is 6.07 Å². The Bertz CT molecular complexity index is 1590. The zero-order valence-corrected chi connectivity index (χ0v) is 18.6. The zero-order valence-electron chi connectivity index (χ0n) is 17.8. The number of H-pyrrole nitrogens is 1. The molecule has 4 aromatic rings. The van der Waals surface area contributed by atoms with E-state index in [0.717, 1.165) is 35.2 Å². The highest BCUT2D eigenvalue weighted by atomic mass is 35.5. The fourth-order valence-corrected chi connectivity index (χ4v) is 3.86. The Labute approximate surface area is 196 Å². The Morgan fingerprint density at radius 2 is 1.76 bits per heavy atom. The lowest BCUT2D eigenvalue weighted by molar-refractivity contribution is 0.0823. The van der Waals surface area contributed by atoms with Crippen LogP contribution in [0.2, 0.25) is 5.02 Å². The normalized spacial score (nSPS) is 10.9. The lowest BCUT2D eigenvalue weighted by atomic mass is 9.98. The van der Waals surface area contributed by atoms with Crippen LogP contribution in [0.4, 0.5) is 13.2 Å². The van der Waals surface area contributed by atoms with Crippen molar-refractivity contribution in [2.75, 3.05) is 14.1 Å². The fourth-order valence-electron chi connectivity index (χ4n) is 3.64. The third kappa shape index (κ3) is 3.91. The molecule has 0 unspecified atom stereocenters. The summed E-state index contributed by atoms with van der Waals surface area (Å²) in [6.45, 7) is 0. The van der Waals surface area contributed by atoms with Crippen molar-refractivity contribution >= 4 is 28.4 Å². The highest BCUT2D eigenvalue weighted by Crippen LogP contribution is 2.33. The molecule has 0 saturated carbocycles. The number of hydrogen-bond acceptors (Lipinski definition) is 3. The van der Waals surface area contributed by atoms with Crippen molar-refractivity contribution in [1.82, 2.24) is 9.88 Å². The first-order valence-electron chi connectivity index (χ1n) is 9.89. The second-order valence-electron chi connectivity index (χ2n) is 7.72. The third-order valence-corrected chi connectivity index (χ3v) is 5.62. The third-order valence-electron chi connectivity index (χ3n) is 5.29. The first kappa shape index (κ1) is 23.1. The van der Waals surface area contributed by atoms with Crippen LogP contribution in [0.5, 0.6) is 0 Å². The number of halogens is 4. The van der Waals surface area contributed by atoms with E-state index in [1.54, 1.807) is 0 Å². The number of fused-ring (bicyclic) bond motifs is 1. The number of nitriles is 1. The molecule has 0 fully saturated rings. The van der Waals surface area contributed by atoms with Crippen molar-refractivity contribution in [2.45, 2.75) is 0 Å². The summed E-state index contributed by atoms with van der Waals surface area (Å²) in [5.74, 6) is -3.71. The highest BCUT2D eigenvalue weighted by Gasteiger charge is 2.22. The van der Waals surface area contributed by atoms with Gasteiger partial charge in [-0.2, -0.15) is 5.26 Å². The van der Waals surface area contributed by atoms with Gasteiger partial charge in [-0.15, -0.1) is 0 Å². The number of hydrogen-bond donors (Lipinski definition) is 1. The molecule has 0 bridgehead atoms. The van der Waals surface area contributed by atoms with Crippen LogP contribution in [0.25, 0.3) is 33.3 Å². The molecule has 0 aliphatic rings. The van der Waals surface area contributed by atoms with Crippen LogP contribution in [0.3, 0.4) is 0 Å². The van der Waals surface area contributed by atoms with Gasteiger partial charge in [0.25, 0.3) is 5.91 Å². The summed E-state index contributed by atoms with van der Waals surface area (Å²) < 4.78 is 44.8. The fraction of sp³-hybridized carbons (Fsp3) is 0.0800. The second kappa shape index (κ2) is 8.69. The van der Waals surface area contributed by atoms with Gasteiger partial charge in [0.2, 0.25) is 0 Å². The molecule has 5 nitrogen and oxygen atoms in total.